The molecule has 2 atom stereocenters. The SMILES string of the molecule is CNC(CCC1CCCO1)c1cc(I)ccc1Br. The van der Waals surface area contributed by atoms with E-state index >= 15 is 0 Å². The fraction of sp³-hybridized carbons (Fsp3) is 0.571. The van der Waals surface area contributed by atoms with Crippen molar-refractivity contribution in [2.75, 3.05) is 13.7 Å². The predicted molar refractivity (Wildman–Crippen MR) is 86.9 cm³/mol. The van der Waals surface area contributed by atoms with E-state index in [0.29, 0.717) is 12.1 Å². The van der Waals surface area contributed by atoms with E-state index in [1.165, 1.54) is 26.4 Å². The van der Waals surface area contributed by atoms with E-state index in [2.05, 4.69) is 62.0 Å². The molecular formula is C14H19BrINO. The Morgan fingerprint density at radius 2 is 2.39 bits per heavy atom. The van der Waals surface area contributed by atoms with Gasteiger partial charge in [0, 0.05) is 20.7 Å². The fourth-order valence-corrected chi connectivity index (χ4v) is 3.50. The Morgan fingerprint density at radius 3 is 3.06 bits per heavy atom. The first kappa shape index (κ1) is 14.8. The maximum Gasteiger partial charge on any atom is 0.0576 e. The van der Waals surface area contributed by atoms with E-state index in [1.807, 2.05) is 7.05 Å². The normalized spacial score (nSPS) is 21.2. The number of rotatable bonds is 5. The van der Waals surface area contributed by atoms with Gasteiger partial charge >= 0.3 is 0 Å². The predicted octanol–water partition coefficient (Wildman–Crippen LogP) is 4.27. The second-order valence-electron chi connectivity index (χ2n) is 4.72. The van der Waals surface area contributed by atoms with Crippen LogP contribution in [0.4, 0.5) is 0 Å². The molecule has 1 heterocycles. The van der Waals surface area contributed by atoms with Crippen LogP contribution in [0.3, 0.4) is 0 Å². The van der Waals surface area contributed by atoms with E-state index in [0.717, 1.165) is 19.4 Å². The first-order valence-corrected chi connectivity index (χ1v) is 8.31. The summed E-state index contributed by atoms with van der Waals surface area (Å²) in [7, 11) is 2.03. The third kappa shape index (κ3) is 3.92. The summed E-state index contributed by atoms with van der Waals surface area (Å²) in [5, 5.41) is 3.42. The molecular weight excluding hydrogens is 405 g/mol. The van der Waals surface area contributed by atoms with Crippen molar-refractivity contribution >= 4 is 38.5 Å². The quantitative estimate of drug-likeness (QED) is 0.714. The number of ether oxygens (including phenoxy) is 1. The van der Waals surface area contributed by atoms with Crippen LogP contribution in [0.2, 0.25) is 0 Å². The maximum atomic E-state index is 5.70. The molecule has 0 radical (unpaired) electrons. The zero-order valence-electron chi connectivity index (χ0n) is 10.6. The minimum atomic E-state index is 0.401. The van der Waals surface area contributed by atoms with Gasteiger partial charge in [-0.1, -0.05) is 15.9 Å². The molecule has 1 aromatic rings. The van der Waals surface area contributed by atoms with Gasteiger partial charge in [0.05, 0.1) is 6.10 Å². The van der Waals surface area contributed by atoms with Gasteiger partial charge in [0.1, 0.15) is 0 Å². The topological polar surface area (TPSA) is 21.3 Å². The lowest BCUT2D eigenvalue weighted by Crippen LogP contribution is -2.19. The second-order valence-corrected chi connectivity index (χ2v) is 6.82. The molecule has 1 fully saturated rings. The number of halogens is 2. The Hall–Kier alpha value is 0.350. The molecule has 0 amide bonds. The zero-order valence-corrected chi connectivity index (χ0v) is 14.3. The summed E-state index contributed by atoms with van der Waals surface area (Å²) >= 11 is 6.02. The lowest BCUT2D eigenvalue weighted by molar-refractivity contribution is 0.0998. The van der Waals surface area contributed by atoms with Crippen molar-refractivity contribution in [1.82, 2.24) is 5.32 Å². The van der Waals surface area contributed by atoms with Crippen LogP contribution in [-0.4, -0.2) is 19.8 Å². The summed E-state index contributed by atoms with van der Waals surface area (Å²) in [6.07, 6.45) is 5.19. The van der Waals surface area contributed by atoms with Crippen LogP contribution >= 0.6 is 38.5 Å². The molecule has 2 nitrogen and oxygen atoms in total. The molecule has 1 aliphatic heterocycles. The first-order valence-electron chi connectivity index (χ1n) is 6.44. The largest absolute Gasteiger partial charge is 0.378 e. The Kier molecular flexibility index (Phi) is 5.92. The molecule has 1 aromatic carbocycles. The number of nitrogens with one attached hydrogen (secondary N) is 1. The molecule has 2 rings (SSSR count). The summed E-state index contributed by atoms with van der Waals surface area (Å²) in [6, 6.07) is 6.91. The van der Waals surface area contributed by atoms with Gasteiger partial charge in [0.2, 0.25) is 0 Å². The average molecular weight is 424 g/mol. The van der Waals surface area contributed by atoms with Gasteiger partial charge in [-0.2, -0.15) is 0 Å². The minimum absolute atomic E-state index is 0.401. The van der Waals surface area contributed by atoms with Crippen LogP contribution < -0.4 is 5.32 Å². The van der Waals surface area contributed by atoms with Gasteiger partial charge < -0.3 is 10.1 Å². The molecule has 18 heavy (non-hydrogen) atoms. The van der Waals surface area contributed by atoms with Gasteiger partial charge in [0.15, 0.2) is 0 Å². The van der Waals surface area contributed by atoms with Crippen molar-refractivity contribution in [3.63, 3.8) is 0 Å². The Labute approximate surface area is 131 Å². The molecule has 0 aromatic heterocycles. The lowest BCUT2D eigenvalue weighted by Gasteiger charge is -2.20. The van der Waals surface area contributed by atoms with Crippen molar-refractivity contribution in [2.24, 2.45) is 0 Å². The van der Waals surface area contributed by atoms with Crippen LogP contribution in [0.25, 0.3) is 0 Å². The number of benzene rings is 1. The fourth-order valence-electron chi connectivity index (χ4n) is 2.46. The van der Waals surface area contributed by atoms with E-state index < -0.39 is 0 Å². The Balaban J connectivity index is 2.00. The molecule has 0 saturated carbocycles. The highest BCUT2D eigenvalue weighted by atomic mass is 127. The van der Waals surface area contributed by atoms with E-state index in [9.17, 15) is 0 Å². The number of hydrogen-bond donors (Lipinski definition) is 1. The smallest absolute Gasteiger partial charge is 0.0576 e. The van der Waals surface area contributed by atoms with E-state index in [4.69, 9.17) is 4.74 Å². The van der Waals surface area contributed by atoms with Crippen LogP contribution in [0.15, 0.2) is 22.7 Å². The Bertz CT molecular complexity index is 393. The first-order chi connectivity index (χ1) is 8.70. The average Bonchev–Trinajstić information content (AvgIpc) is 2.87. The summed E-state index contributed by atoms with van der Waals surface area (Å²) < 4.78 is 8.17. The standard InChI is InChI=1S/C14H19BrINO/c1-17-14(7-5-11-3-2-8-18-11)12-9-10(16)4-6-13(12)15/h4,6,9,11,14,17H,2-3,5,7-8H2,1H3. The van der Waals surface area contributed by atoms with Crippen LogP contribution in [0, 0.1) is 3.57 Å². The van der Waals surface area contributed by atoms with Gasteiger partial charge in [-0.15, -0.1) is 0 Å². The molecule has 0 aliphatic carbocycles. The van der Waals surface area contributed by atoms with Crippen molar-refractivity contribution in [2.45, 2.75) is 37.8 Å². The summed E-state index contributed by atoms with van der Waals surface area (Å²) in [5.74, 6) is 0. The van der Waals surface area contributed by atoms with Crippen LogP contribution in [-0.2, 0) is 4.74 Å². The zero-order chi connectivity index (χ0) is 13.0. The Morgan fingerprint density at radius 1 is 1.56 bits per heavy atom. The molecule has 1 N–H and O–H groups in total. The van der Waals surface area contributed by atoms with E-state index in [1.54, 1.807) is 0 Å². The highest BCUT2D eigenvalue weighted by Crippen LogP contribution is 2.29. The molecule has 1 saturated heterocycles. The molecule has 4 heteroatoms. The van der Waals surface area contributed by atoms with Crippen LogP contribution in [0.5, 0.6) is 0 Å². The number of hydrogen-bond acceptors (Lipinski definition) is 2. The van der Waals surface area contributed by atoms with Crippen molar-refractivity contribution < 1.29 is 4.74 Å². The third-order valence-electron chi connectivity index (χ3n) is 3.48. The highest BCUT2D eigenvalue weighted by molar-refractivity contribution is 14.1. The lowest BCUT2D eigenvalue weighted by atomic mass is 9.99. The van der Waals surface area contributed by atoms with E-state index in [-0.39, 0.29) is 0 Å². The molecule has 0 bridgehead atoms. The monoisotopic (exact) mass is 423 g/mol. The van der Waals surface area contributed by atoms with Crippen molar-refractivity contribution in [1.29, 1.82) is 0 Å². The summed E-state index contributed by atoms with van der Waals surface area (Å²) in [4.78, 5) is 0. The highest BCUT2D eigenvalue weighted by Gasteiger charge is 2.19. The third-order valence-corrected chi connectivity index (χ3v) is 4.88. The summed E-state index contributed by atoms with van der Waals surface area (Å²) in [5.41, 5.74) is 1.35. The van der Waals surface area contributed by atoms with Gasteiger partial charge in [-0.25, -0.2) is 0 Å². The molecule has 0 spiro atoms. The minimum Gasteiger partial charge on any atom is -0.378 e. The molecule has 2 unspecified atom stereocenters. The van der Waals surface area contributed by atoms with Gasteiger partial charge in [-0.3, -0.25) is 0 Å². The summed E-state index contributed by atoms with van der Waals surface area (Å²) in [6.45, 7) is 0.946. The van der Waals surface area contributed by atoms with Gasteiger partial charge in [-0.05, 0) is 79.1 Å². The second kappa shape index (κ2) is 7.22. The van der Waals surface area contributed by atoms with Gasteiger partial charge in [0.25, 0.3) is 0 Å². The molecule has 1 aliphatic rings. The van der Waals surface area contributed by atoms with Crippen molar-refractivity contribution in [3.8, 4) is 0 Å². The molecule has 100 valence electrons. The van der Waals surface area contributed by atoms with Crippen LogP contribution in [0.1, 0.15) is 37.3 Å². The maximum absolute atomic E-state index is 5.70. The van der Waals surface area contributed by atoms with Crippen molar-refractivity contribution in [3.05, 3.63) is 31.8 Å².